The molecule has 0 aliphatic rings. The molecule has 1 unspecified atom stereocenters. The lowest BCUT2D eigenvalue weighted by Gasteiger charge is -2.11. The van der Waals surface area contributed by atoms with Crippen LogP contribution in [-0.4, -0.2) is 12.4 Å². The fraction of sp³-hybridized carbons (Fsp3) is 0.588. The first-order valence-electron chi connectivity index (χ1n) is 7.39. The van der Waals surface area contributed by atoms with Crippen LogP contribution in [0, 0.1) is 5.92 Å². The Bertz CT molecular complexity index is 367. The molecule has 1 aromatic carbocycles. The van der Waals surface area contributed by atoms with E-state index in [-0.39, 0.29) is 0 Å². The van der Waals surface area contributed by atoms with Gasteiger partial charge in [-0.05, 0) is 42.9 Å². The second-order valence-electron chi connectivity index (χ2n) is 5.29. The molecule has 0 saturated carbocycles. The van der Waals surface area contributed by atoms with Crippen LogP contribution in [0.15, 0.2) is 24.3 Å². The summed E-state index contributed by atoms with van der Waals surface area (Å²) in [4.78, 5) is 11.6. The number of hydrogen-bond acceptors (Lipinski definition) is 2. The molecule has 0 fully saturated rings. The van der Waals surface area contributed by atoms with Gasteiger partial charge in [0.05, 0.1) is 6.61 Å². The number of Topliss-reactive ketones (excluding diaryl/α,β-unsaturated/α-hetero) is 1. The van der Waals surface area contributed by atoms with Gasteiger partial charge in [-0.2, -0.15) is 0 Å². The first-order chi connectivity index (χ1) is 9.15. The summed E-state index contributed by atoms with van der Waals surface area (Å²) in [7, 11) is 0. The van der Waals surface area contributed by atoms with Crippen molar-refractivity contribution in [2.45, 2.75) is 52.9 Å². The van der Waals surface area contributed by atoms with Crippen LogP contribution in [-0.2, 0) is 11.2 Å². The number of benzene rings is 1. The van der Waals surface area contributed by atoms with Gasteiger partial charge in [0, 0.05) is 12.8 Å². The van der Waals surface area contributed by atoms with Crippen molar-refractivity contribution < 1.29 is 9.53 Å². The molecule has 0 spiro atoms. The van der Waals surface area contributed by atoms with Gasteiger partial charge in [0.15, 0.2) is 0 Å². The fourth-order valence-electron chi connectivity index (χ4n) is 2.19. The zero-order chi connectivity index (χ0) is 14.1. The highest BCUT2D eigenvalue weighted by Crippen LogP contribution is 2.17. The van der Waals surface area contributed by atoms with E-state index < -0.39 is 0 Å². The maximum Gasteiger partial charge on any atom is 0.133 e. The first kappa shape index (κ1) is 15.7. The van der Waals surface area contributed by atoms with Crippen LogP contribution >= 0.6 is 0 Å². The third kappa shape index (κ3) is 6.42. The molecule has 0 N–H and O–H groups in total. The van der Waals surface area contributed by atoms with E-state index in [1.54, 1.807) is 0 Å². The molecule has 0 saturated heterocycles. The summed E-state index contributed by atoms with van der Waals surface area (Å²) < 4.78 is 5.56. The van der Waals surface area contributed by atoms with Crippen LogP contribution in [0.5, 0.6) is 5.75 Å². The number of hydrogen-bond donors (Lipinski definition) is 0. The molecule has 106 valence electrons. The van der Waals surface area contributed by atoms with Crippen molar-refractivity contribution in [1.29, 1.82) is 0 Å². The molecule has 2 nitrogen and oxygen atoms in total. The van der Waals surface area contributed by atoms with Crippen molar-refractivity contribution in [3.05, 3.63) is 29.8 Å². The molecular weight excluding hydrogens is 236 g/mol. The number of rotatable bonds is 9. The van der Waals surface area contributed by atoms with Gasteiger partial charge in [0.25, 0.3) is 0 Å². The van der Waals surface area contributed by atoms with Crippen LogP contribution < -0.4 is 4.74 Å². The second-order valence-corrected chi connectivity index (χ2v) is 5.29. The van der Waals surface area contributed by atoms with Crippen molar-refractivity contribution in [3.8, 4) is 5.75 Å². The number of ketones is 1. The lowest BCUT2D eigenvalue weighted by atomic mass is 9.95. The molecule has 0 heterocycles. The lowest BCUT2D eigenvalue weighted by molar-refractivity contribution is -0.119. The Morgan fingerprint density at radius 1 is 1.16 bits per heavy atom. The minimum atomic E-state index is 0.387. The molecule has 0 aliphatic carbocycles. The Morgan fingerprint density at radius 3 is 2.42 bits per heavy atom. The summed E-state index contributed by atoms with van der Waals surface area (Å²) in [5.41, 5.74) is 1.28. The average Bonchev–Trinajstić information content (AvgIpc) is 2.38. The van der Waals surface area contributed by atoms with Gasteiger partial charge in [-0.3, -0.25) is 4.79 Å². The van der Waals surface area contributed by atoms with E-state index in [1.165, 1.54) is 5.56 Å². The predicted molar refractivity (Wildman–Crippen MR) is 79.6 cm³/mol. The molecule has 0 aromatic heterocycles. The Hall–Kier alpha value is -1.31. The number of carbonyl (C=O) groups is 1. The third-order valence-corrected chi connectivity index (χ3v) is 3.09. The summed E-state index contributed by atoms with van der Waals surface area (Å²) >= 11 is 0. The van der Waals surface area contributed by atoms with Crippen LogP contribution in [0.25, 0.3) is 0 Å². The monoisotopic (exact) mass is 262 g/mol. The molecule has 0 radical (unpaired) electrons. The van der Waals surface area contributed by atoms with Crippen molar-refractivity contribution >= 4 is 5.78 Å². The minimum absolute atomic E-state index is 0.387. The summed E-state index contributed by atoms with van der Waals surface area (Å²) in [6, 6.07) is 8.24. The van der Waals surface area contributed by atoms with E-state index in [1.807, 2.05) is 12.1 Å². The van der Waals surface area contributed by atoms with Crippen molar-refractivity contribution in [2.75, 3.05) is 6.61 Å². The first-order valence-corrected chi connectivity index (χ1v) is 7.39. The molecule has 0 amide bonds. The van der Waals surface area contributed by atoms with E-state index in [9.17, 15) is 4.79 Å². The lowest BCUT2D eigenvalue weighted by Crippen LogP contribution is -2.07. The molecular formula is C17H26O2. The zero-order valence-corrected chi connectivity index (χ0v) is 12.4. The summed E-state index contributed by atoms with van der Waals surface area (Å²) in [6.45, 7) is 7.07. The molecule has 0 bridgehead atoms. The largest absolute Gasteiger partial charge is 0.494 e. The smallest absolute Gasteiger partial charge is 0.133 e. The molecule has 2 heteroatoms. The van der Waals surface area contributed by atoms with Gasteiger partial charge in [0.1, 0.15) is 11.5 Å². The van der Waals surface area contributed by atoms with Crippen molar-refractivity contribution in [1.82, 2.24) is 0 Å². The normalized spacial score (nSPS) is 12.2. The van der Waals surface area contributed by atoms with E-state index in [4.69, 9.17) is 4.74 Å². The average molecular weight is 262 g/mol. The van der Waals surface area contributed by atoms with E-state index in [0.29, 0.717) is 24.5 Å². The Labute approximate surface area is 117 Å². The summed E-state index contributed by atoms with van der Waals surface area (Å²) in [5.74, 6) is 1.74. The molecule has 1 rings (SSSR count). The standard InChI is InChI=1S/C17H26O2/c1-4-6-16(18)13-14(3)12-15-7-9-17(10-8-15)19-11-5-2/h7-10,14H,4-6,11-13H2,1-3H3. The second kappa shape index (κ2) is 8.73. The quantitative estimate of drug-likeness (QED) is 0.658. The third-order valence-electron chi connectivity index (χ3n) is 3.09. The fourth-order valence-corrected chi connectivity index (χ4v) is 2.19. The minimum Gasteiger partial charge on any atom is -0.494 e. The van der Waals surface area contributed by atoms with Gasteiger partial charge in [-0.15, -0.1) is 0 Å². The molecule has 19 heavy (non-hydrogen) atoms. The van der Waals surface area contributed by atoms with E-state index in [0.717, 1.165) is 31.6 Å². The molecule has 1 atom stereocenters. The van der Waals surface area contributed by atoms with Crippen LogP contribution in [0.4, 0.5) is 0 Å². The topological polar surface area (TPSA) is 26.3 Å². The van der Waals surface area contributed by atoms with Crippen LogP contribution in [0.3, 0.4) is 0 Å². The SMILES string of the molecule is CCCOc1ccc(CC(C)CC(=O)CCC)cc1. The van der Waals surface area contributed by atoms with Crippen molar-refractivity contribution in [2.24, 2.45) is 5.92 Å². The molecule has 0 aliphatic heterocycles. The van der Waals surface area contributed by atoms with Gasteiger partial charge in [-0.25, -0.2) is 0 Å². The van der Waals surface area contributed by atoms with Crippen LogP contribution in [0.1, 0.15) is 52.0 Å². The Kier molecular flexibility index (Phi) is 7.24. The van der Waals surface area contributed by atoms with Gasteiger partial charge >= 0.3 is 0 Å². The highest BCUT2D eigenvalue weighted by atomic mass is 16.5. The zero-order valence-electron chi connectivity index (χ0n) is 12.4. The number of ether oxygens (including phenoxy) is 1. The maximum absolute atomic E-state index is 11.6. The van der Waals surface area contributed by atoms with Crippen LogP contribution in [0.2, 0.25) is 0 Å². The number of carbonyl (C=O) groups excluding carboxylic acids is 1. The van der Waals surface area contributed by atoms with Gasteiger partial charge < -0.3 is 4.74 Å². The van der Waals surface area contributed by atoms with E-state index >= 15 is 0 Å². The summed E-state index contributed by atoms with van der Waals surface area (Å²) in [5, 5.41) is 0. The highest BCUT2D eigenvalue weighted by Gasteiger charge is 2.09. The Balaban J connectivity index is 2.41. The van der Waals surface area contributed by atoms with Gasteiger partial charge in [0.2, 0.25) is 0 Å². The van der Waals surface area contributed by atoms with E-state index in [2.05, 4.69) is 32.9 Å². The Morgan fingerprint density at radius 2 is 1.84 bits per heavy atom. The summed E-state index contributed by atoms with van der Waals surface area (Å²) in [6.07, 6.45) is 4.35. The van der Waals surface area contributed by atoms with Crippen molar-refractivity contribution in [3.63, 3.8) is 0 Å². The maximum atomic E-state index is 11.6. The van der Waals surface area contributed by atoms with Gasteiger partial charge in [-0.1, -0.05) is 32.9 Å². The highest BCUT2D eigenvalue weighted by molar-refractivity contribution is 5.78. The predicted octanol–water partition coefficient (Wildman–Crippen LogP) is 4.41. The molecule has 1 aromatic rings.